The van der Waals surface area contributed by atoms with Gasteiger partial charge in [0.15, 0.2) is 0 Å². The maximum absolute atomic E-state index is 13.0. The molecule has 8 nitrogen and oxygen atoms in total. The summed E-state index contributed by atoms with van der Waals surface area (Å²) in [5.74, 6) is 1.10. The van der Waals surface area contributed by atoms with Crippen LogP contribution in [0.4, 0.5) is 0 Å². The normalized spacial score (nSPS) is 18.6. The second-order valence-electron chi connectivity index (χ2n) is 9.05. The van der Waals surface area contributed by atoms with Crippen LogP contribution in [0.5, 0.6) is 0 Å². The number of carbonyl (C=O) groups excluding carboxylic acids is 1. The molecule has 2 aromatic rings. The molecule has 1 aromatic heterocycles. The van der Waals surface area contributed by atoms with Gasteiger partial charge in [0.05, 0.1) is 29.1 Å². The third-order valence-electron chi connectivity index (χ3n) is 6.70. The SMILES string of the molecule is CCCn1c(COC(=O)CCC2CCCCC2)nc2cc(S(=O)(=O)N3CCOCC3)ccc21. The zero-order chi connectivity index (χ0) is 23.3. The molecule has 9 heteroatoms. The summed E-state index contributed by atoms with van der Waals surface area (Å²) in [6, 6.07) is 5.07. The van der Waals surface area contributed by atoms with Gasteiger partial charge in [0, 0.05) is 26.1 Å². The fraction of sp³-hybridized carbons (Fsp3) is 0.667. The lowest BCUT2D eigenvalue weighted by Gasteiger charge is -2.26. The molecule has 4 rings (SSSR count). The zero-order valence-corrected chi connectivity index (χ0v) is 20.3. The van der Waals surface area contributed by atoms with Gasteiger partial charge in [-0.1, -0.05) is 39.0 Å². The van der Waals surface area contributed by atoms with E-state index in [4.69, 9.17) is 9.47 Å². The topological polar surface area (TPSA) is 90.7 Å². The Morgan fingerprint density at radius 2 is 1.94 bits per heavy atom. The Labute approximate surface area is 196 Å². The molecule has 0 unspecified atom stereocenters. The van der Waals surface area contributed by atoms with Crippen molar-refractivity contribution >= 4 is 27.0 Å². The lowest BCUT2D eigenvalue weighted by molar-refractivity contribution is -0.145. The zero-order valence-electron chi connectivity index (χ0n) is 19.5. The number of ether oxygens (including phenoxy) is 2. The van der Waals surface area contributed by atoms with Gasteiger partial charge in [-0.3, -0.25) is 4.79 Å². The summed E-state index contributed by atoms with van der Waals surface area (Å²) in [6.07, 6.45) is 8.51. The molecule has 1 saturated heterocycles. The summed E-state index contributed by atoms with van der Waals surface area (Å²) in [4.78, 5) is 17.2. The van der Waals surface area contributed by atoms with E-state index in [1.807, 2.05) is 4.57 Å². The highest BCUT2D eigenvalue weighted by Gasteiger charge is 2.27. The van der Waals surface area contributed by atoms with Crippen molar-refractivity contribution < 1.29 is 22.7 Å². The number of carbonyl (C=O) groups is 1. The minimum absolute atomic E-state index is 0.101. The van der Waals surface area contributed by atoms with Crippen LogP contribution in [0.15, 0.2) is 23.1 Å². The van der Waals surface area contributed by atoms with Gasteiger partial charge in [0.2, 0.25) is 10.0 Å². The fourth-order valence-corrected chi connectivity index (χ4v) is 6.28. The van der Waals surface area contributed by atoms with E-state index in [9.17, 15) is 13.2 Å². The quantitative estimate of drug-likeness (QED) is 0.509. The second-order valence-corrected chi connectivity index (χ2v) is 11.0. The van der Waals surface area contributed by atoms with Crippen LogP contribution in [0.25, 0.3) is 11.0 Å². The third kappa shape index (κ3) is 5.75. The Bertz CT molecular complexity index is 1050. The van der Waals surface area contributed by atoms with Gasteiger partial charge in [0.25, 0.3) is 0 Å². The average Bonchev–Trinajstić information content (AvgIpc) is 3.19. The molecule has 0 amide bonds. The molecule has 2 heterocycles. The van der Waals surface area contributed by atoms with Crippen molar-refractivity contribution in [1.29, 1.82) is 0 Å². The summed E-state index contributed by atoms with van der Waals surface area (Å²) in [5, 5.41) is 0. The van der Waals surface area contributed by atoms with Crippen molar-refractivity contribution in [3.05, 3.63) is 24.0 Å². The first-order valence-electron chi connectivity index (χ1n) is 12.2. The van der Waals surface area contributed by atoms with Gasteiger partial charge in [-0.25, -0.2) is 13.4 Å². The van der Waals surface area contributed by atoms with Crippen LogP contribution in [-0.2, 0) is 37.4 Å². The van der Waals surface area contributed by atoms with Crippen LogP contribution >= 0.6 is 0 Å². The van der Waals surface area contributed by atoms with Gasteiger partial charge in [-0.05, 0) is 37.0 Å². The standard InChI is InChI=1S/C24H35N3O5S/c1-2-12-27-22-10-9-20(33(29,30)26-13-15-31-16-14-26)17-21(22)25-23(27)18-32-24(28)11-8-19-6-4-3-5-7-19/h9-10,17,19H,2-8,11-16,18H2,1H3. The molecule has 2 aliphatic rings. The smallest absolute Gasteiger partial charge is 0.306 e. The predicted octanol–water partition coefficient (Wildman–Crippen LogP) is 3.87. The number of hydrogen-bond donors (Lipinski definition) is 0. The van der Waals surface area contributed by atoms with Gasteiger partial charge in [-0.2, -0.15) is 4.31 Å². The Hall–Kier alpha value is -1.97. The minimum atomic E-state index is -3.59. The van der Waals surface area contributed by atoms with Gasteiger partial charge in [-0.15, -0.1) is 0 Å². The number of fused-ring (bicyclic) bond motifs is 1. The molecule has 0 spiro atoms. The molecule has 2 fully saturated rings. The van der Waals surface area contributed by atoms with Crippen LogP contribution < -0.4 is 0 Å². The molecule has 1 aliphatic carbocycles. The number of morpholine rings is 1. The van der Waals surface area contributed by atoms with Crippen LogP contribution in [0, 0.1) is 5.92 Å². The fourth-order valence-electron chi connectivity index (χ4n) is 4.85. The average molecular weight is 478 g/mol. The maximum Gasteiger partial charge on any atom is 0.306 e. The molecule has 33 heavy (non-hydrogen) atoms. The van der Waals surface area contributed by atoms with E-state index in [-0.39, 0.29) is 17.5 Å². The Kier molecular flexibility index (Phi) is 8.03. The Balaban J connectivity index is 1.46. The number of sulfonamides is 1. The van der Waals surface area contributed by atoms with E-state index in [0.717, 1.165) is 24.9 Å². The number of aromatic nitrogens is 2. The van der Waals surface area contributed by atoms with E-state index >= 15 is 0 Å². The number of rotatable bonds is 9. The van der Waals surface area contributed by atoms with E-state index in [1.54, 1.807) is 18.2 Å². The van der Waals surface area contributed by atoms with Crippen molar-refractivity contribution in [2.24, 2.45) is 5.92 Å². The number of benzene rings is 1. The van der Waals surface area contributed by atoms with Crippen molar-refractivity contribution in [1.82, 2.24) is 13.9 Å². The number of hydrogen-bond acceptors (Lipinski definition) is 6. The predicted molar refractivity (Wildman–Crippen MR) is 125 cm³/mol. The first-order chi connectivity index (χ1) is 16.0. The van der Waals surface area contributed by atoms with Gasteiger partial charge < -0.3 is 14.0 Å². The van der Waals surface area contributed by atoms with Crippen molar-refractivity contribution in [2.45, 2.75) is 76.3 Å². The molecule has 0 N–H and O–H groups in total. The number of esters is 1. The number of aryl methyl sites for hydroxylation is 1. The van der Waals surface area contributed by atoms with E-state index < -0.39 is 10.0 Å². The van der Waals surface area contributed by atoms with Crippen LogP contribution in [0.1, 0.15) is 64.1 Å². The summed E-state index contributed by atoms with van der Waals surface area (Å²) in [7, 11) is -3.59. The highest BCUT2D eigenvalue weighted by Crippen LogP contribution is 2.28. The van der Waals surface area contributed by atoms with E-state index in [0.29, 0.717) is 50.0 Å². The van der Waals surface area contributed by atoms with Crippen molar-refractivity contribution in [3.8, 4) is 0 Å². The third-order valence-corrected chi connectivity index (χ3v) is 8.59. The van der Waals surface area contributed by atoms with Crippen LogP contribution in [0.3, 0.4) is 0 Å². The molecule has 0 bridgehead atoms. The number of imidazole rings is 1. The minimum Gasteiger partial charge on any atom is -0.458 e. The Morgan fingerprint density at radius 3 is 2.67 bits per heavy atom. The molecular formula is C24H35N3O5S. The second kappa shape index (κ2) is 11.0. The molecule has 1 aliphatic heterocycles. The van der Waals surface area contributed by atoms with Gasteiger partial charge in [0.1, 0.15) is 12.4 Å². The lowest BCUT2D eigenvalue weighted by Crippen LogP contribution is -2.40. The highest BCUT2D eigenvalue weighted by atomic mass is 32.2. The highest BCUT2D eigenvalue weighted by molar-refractivity contribution is 7.89. The van der Waals surface area contributed by atoms with Crippen molar-refractivity contribution in [2.75, 3.05) is 26.3 Å². The summed E-state index contributed by atoms with van der Waals surface area (Å²) >= 11 is 0. The van der Waals surface area contributed by atoms with E-state index in [2.05, 4.69) is 11.9 Å². The monoisotopic (exact) mass is 477 g/mol. The van der Waals surface area contributed by atoms with Crippen LogP contribution in [-0.4, -0.2) is 54.5 Å². The number of nitrogens with zero attached hydrogens (tertiary/aromatic N) is 3. The molecular weight excluding hydrogens is 442 g/mol. The van der Waals surface area contributed by atoms with Gasteiger partial charge >= 0.3 is 5.97 Å². The molecule has 182 valence electrons. The van der Waals surface area contributed by atoms with E-state index in [1.165, 1.54) is 36.4 Å². The molecule has 0 atom stereocenters. The molecule has 0 radical (unpaired) electrons. The largest absolute Gasteiger partial charge is 0.458 e. The maximum atomic E-state index is 13.0. The first kappa shape index (κ1) is 24.2. The molecule has 1 aromatic carbocycles. The summed E-state index contributed by atoms with van der Waals surface area (Å²) < 4.78 is 40.4. The van der Waals surface area contributed by atoms with Crippen LogP contribution in [0.2, 0.25) is 0 Å². The summed E-state index contributed by atoms with van der Waals surface area (Å²) in [6.45, 7) is 4.42. The van der Waals surface area contributed by atoms with Crippen molar-refractivity contribution in [3.63, 3.8) is 0 Å². The molecule has 1 saturated carbocycles. The Morgan fingerprint density at radius 1 is 1.18 bits per heavy atom. The summed E-state index contributed by atoms with van der Waals surface area (Å²) in [5.41, 5.74) is 1.46. The lowest BCUT2D eigenvalue weighted by atomic mass is 9.86. The first-order valence-corrected chi connectivity index (χ1v) is 13.7.